The fourth-order valence-electron chi connectivity index (χ4n) is 4.41. The van der Waals surface area contributed by atoms with Gasteiger partial charge in [-0.2, -0.15) is 0 Å². The number of fused-ring (bicyclic) bond motifs is 1. The van der Waals surface area contributed by atoms with E-state index in [1.165, 1.54) is 0 Å². The maximum absolute atomic E-state index is 13.8. The maximum Gasteiger partial charge on any atom is 0.303 e. The van der Waals surface area contributed by atoms with Crippen LogP contribution in [0.1, 0.15) is 49.3 Å². The zero-order valence-electron chi connectivity index (χ0n) is 21.9. The average molecular weight is 520 g/mol. The second kappa shape index (κ2) is 12.4. The zero-order valence-corrected chi connectivity index (χ0v) is 21.9. The molecule has 8 heteroatoms. The average Bonchev–Trinajstić information content (AvgIpc) is 3.38. The van der Waals surface area contributed by atoms with Gasteiger partial charge in [0.05, 0.1) is 13.0 Å². The number of methoxy groups -OCH3 is 1. The third kappa shape index (κ3) is 6.76. The molecule has 3 aromatic carbocycles. The summed E-state index contributed by atoms with van der Waals surface area (Å²) >= 11 is 0. The Morgan fingerprint density at radius 1 is 1.05 bits per heavy atom. The lowest BCUT2D eigenvalue weighted by Crippen LogP contribution is -2.23. The molecule has 0 fully saturated rings. The van der Waals surface area contributed by atoms with E-state index in [-0.39, 0.29) is 31.5 Å². The third-order valence-electron chi connectivity index (χ3n) is 6.30. The smallest absolute Gasteiger partial charge is 0.303 e. The summed E-state index contributed by atoms with van der Waals surface area (Å²) in [7, 11) is 1.55. The molecule has 8 nitrogen and oxygen atoms in total. The SMILES string of the molecule is COc1cc(C(CC(C)C)C(=O)Nc2cc(COc3ccccc3)ccc2CCC(=O)O)cc2c1OCO2. The van der Waals surface area contributed by atoms with Gasteiger partial charge < -0.3 is 29.4 Å². The topological polar surface area (TPSA) is 103 Å². The van der Waals surface area contributed by atoms with Gasteiger partial charge in [0.2, 0.25) is 18.4 Å². The van der Waals surface area contributed by atoms with Crippen LogP contribution >= 0.6 is 0 Å². The number of carbonyl (C=O) groups excluding carboxylic acids is 1. The van der Waals surface area contributed by atoms with Crippen LogP contribution < -0.4 is 24.3 Å². The summed E-state index contributed by atoms with van der Waals surface area (Å²) in [5.74, 6) is 0.973. The Morgan fingerprint density at radius 3 is 2.55 bits per heavy atom. The summed E-state index contributed by atoms with van der Waals surface area (Å²) < 4.78 is 22.5. The Hall–Kier alpha value is -4.20. The molecule has 1 heterocycles. The lowest BCUT2D eigenvalue weighted by molar-refractivity contribution is -0.137. The monoisotopic (exact) mass is 519 g/mol. The molecule has 200 valence electrons. The van der Waals surface area contributed by atoms with Gasteiger partial charge in [0, 0.05) is 12.1 Å². The summed E-state index contributed by atoms with van der Waals surface area (Å²) in [5.41, 5.74) is 2.93. The predicted molar refractivity (Wildman–Crippen MR) is 143 cm³/mol. The van der Waals surface area contributed by atoms with E-state index in [9.17, 15) is 14.7 Å². The van der Waals surface area contributed by atoms with Crippen molar-refractivity contribution in [3.05, 3.63) is 77.4 Å². The van der Waals surface area contributed by atoms with Crippen molar-refractivity contribution >= 4 is 17.6 Å². The van der Waals surface area contributed by atoms with Gasteiger partial charge in [-0.25, -0.2) is 0 Å². The van der Waals surface area contributed by atoms with E-state index in [1.54, 1.807) is 7.11 Å². The van der Waals surface area contributed by atoms with E-state index in [0.29, 0.717) is 36.0 Å². The molecule has 1 unspecified atom stereocenters. The van der Waals surface area contributed by atoms with Crippen molar-refractivity contribution in [2.75, 3.05) is 19.2 Å². The van der Waals surface area contributed by atoms with Gasteiger partial charge in [0.25, 0.3) is 0 Å². The minimum atomic E-state index is -0.899. The number of anilines is 1. The van der Waals surface area contributed by atoms with Crippen LogP contribution in [-0.4, -0.2) is 30.9 Å². The number of carboxylic acids is 1. The van der Waals surface area contributed by atoms with E-state index in [2.05, 4.69) is 19.2 Å². The van der Waals surface area contributed by atoms with Crippen molar-refractivity contribution in [2.45, 2.75) is 45.6 Å². The van der Waals surface area contributed by atoms with Gasteiger partial charge in [0.1, 0.15) is 12.4 Å². The normalized spacial score (nSPS) is 12.7. The van der Waals surface area contributed by atoms with E-state index >= 15 is 0 Å². The number of para-hydroxylation sites is 1. The number of aryl methyl sites for hydroxylation is 1. The molecular formula is C30H33NO7. The van der Waals surface area contributed by atoms with E-state index in [4.69, 9.17) is 18.9 Å². The van der Waals surface area contributed by atoms with Crippen molar-refractivity contribution in [3.63, 3.8) is 0 Å². The highest BCUT2D eigenvalue weighted by Gasteiger charge is 2.28. The largest absolute Gasteiger partial charge is 0.493 e. The molecule has 0 bridgehead atoms. The molecule has 3 aromatic rings. The number of carboxylic acid groups (broad SMARTS) is 1. The first-order chi connectivity index (χ1) is 18.3. The zero-order chi connectivity index (χ0) is 27.1. The molecule has 0 saturated heterocycles. The Labute approximate surface area is 222 Å². The van der Waals surface area contributed by atoms with Crippen molar-refractivity contribution in [1.29, 1.82) is 0 Å². The van der Waals surface area contributed by atoms with Crippen molar-refractivity contribution in [2.24, 2.45) is 5.92 Å². The van der Waals surface area contributed by atoms with Crippen molar-refractivity contribution in [1.82, 2.24) is 0 Å². The lowest BCUT2D eigenvalue weighted by Gasteiger charge is -2.22. The predicted octanol–water partition coefficient (Wildman–Crippen LogP) is 5.79. The summed E-state index contributed by atoms with van der Waals surface area (Å²) in [6.45, 7) is 4.52. The highest BCUT2D eigenvalue weighted by atomic mass is 16.7. The minimum Gasteiger partial charge on any atom is -0.493 e. The molecule has 1 amide bonds. The number of amides is 1. The molecule has 2 N–H and O–H groups in total. The van der Waals surface area contributed by atoms with Crippen LogP contribution in [0.2, 0.25) is 0 Å². The maximum atomic E-state index is 13.8. The summed E-state index contributed by atoms with van der Waals surface area (Å²) in [6.07, 6.45) is 0.838. The second-order valence-electron chi connectivity index (χ2n) is 9.62. The quantitative estimate of drug-likeness (QED) is 0.312. The number of rotatable bonds is 12. The fraction of sp³-hybridized carbons (Fsp3) is 0.333. The molecule has 0 aromatic heterocycles. The number of carbonyl (C=O) groups is 2. The van der Waals surface area contributed by atoms with Crippen LogP contribution in [0.4, 0.5) is 5.69 Å². The molecule has 38 heavy (non-hydrogen) atoms. The Bertz CT molecular complexity index is 1270. The molecule has 0 spiro atoms. The lowest BCUT2D eigenvalue weighted by atomic mass is 9.88. The molecular weight excluding hydrogens is 486 g/mol. The summed E-state index contributed by atoms with van der Waals surface area (Å²) in [5, 5.41) is 12.3. The van der Waals surface area contributed by atoms with Crippen LogP contribution in [0.15, 0.2) is 60.7 Å². The first kappa shape index (κ1) is 26.9. The molecule has 0 aliphatic carbocycles. The van der Waals surface area contributed by atoms with E-state index in [0.717, 1.165) is 22.4 Å². The first-order valence-corrected chi connectivity index (χ1v) is 12.6. The molecule has 1 aliphatic rings. The third-order valence-corrected chi connectivity index (χ3v) is 6.30. The Morgan fingerprint density at radius 2 is 1.84 bits per heavy atom. The Kier molecular flexibility index (Phi) is 8.73. The highest BCUT2D eigenvalue weighted by Crippen LogP contribution is 2.44. The number of hydrogen-bond donors (Lipinski definition) is 2. The summed E-state index contributed by atoms with van der Waals surface area (Å²) in [4.78, 5) is 25.0. The van der Waals surface area contributed by atoms with E-state index in [1.807, 2.05) is 60.7 Å². The van der Waals surface area contributed by atoms with Gasteiger partial charge in [-0.3, -0.25) is 9.59 Å². The van der Waals surface area contributed by atoms with Gasteiger partial charge in [-0.1, -0.05) is 44.2 Å². The van der Waals surface area contributed by atoms with Crippen LogP contribution in [0.5, 0.6) is 23.0 Å². The van der Waals surface area contributed by atoms with Crippen LogP contribution in [0.25, 0.3) is 0 Å². The van der Waals surface area contributed by atoms with Crippen LogP contribution in [0.3, 0.4) is 0 Å². The molecule has 0 radical (unpaired) electrons. The van der Waals surface area contributed by atoms with E-state index < -0.39 is 11.9 Å². The van der Waals surface area contributed by atoms with Gasteiger partial charge >= 0.3 is 5.97 Å². The number of nitrogens with one attached hydrogen (secondary N) is 1. The van der Waals surface area contributed by atoms with Gasteiger partial charge in [-0.05, 0) is 65.8 Å². The number of aliphatic carboxylic acids is 1. The van der Waals surface area contributed by atoms with Crippen LogP contribution in [-0.2, 0) is 22.6 Å². The molecule has 0 saturated carbocycles. The number of hydrogen-bond acceptors (Lipinski definition) is 6. The highest BCUT2D eigenvalue weighted by molar-refractivity contribution is 5.97. The fourth-order valence-corrected chi connectivity index (χ4v) is 4.41. The Balaban J connectivity index is 1.61. The van der Waals surface area contributed by atoms with Crippen molar-refractivity contribution < 1.29 is 33.6 Å². The van der Waals surface area contributed by atoms with Crippen LogP contribution in [0, 0.1) is 5.92 Å². The minimum absolute atomic E-state index is 0.0441. The molecule has 1 atom stereocenters. The van der Waals surface area contributed by atoms with Crippen molar-refractivity contribution in [3.8, 4) is 23.0 Å². The number of benzene rings is 3. The number of ether oxygens (including phenoxy) is 4. The first-order valence-electron chi connectivity index (χ1n) is 12.6. The molecule has 1 aliphatic heterocycles. The van der Waals surface area contributed by atoms with Gasteiger partial charge in [0.15, 0.2) is 11.5 Å². The second-order valence-corrected chi connectivity index (χ2v) is 9.62. The molecule has 4 rings (SSSR count). The van der Waals surface area contributed by atoms with Gasteiger partial charge in [-0.15, -0.1) is 0 Å². The summed E-state index contributed by atoms with van der Waals surface area (Å²) in [6, 6.07) is 18.7. The standard InChI is InChI=1S/C30H33NO7/c1-19(2)13-24(22-15-26(35-3)29-27(16-22)37-18-38-29)30(34)31-25-14-20(9-10-21(25)11-12-28(32)33)17-36-23-7-5-4-6-8-23/h4-10,14-16,19,24H,11-13,17-18H2,1-3H3,(H,31,34)(H,32,33).